The highest BCUT2D eigenvalue weighted by Gasteiger charge is 2.45. The minimum absolute atomic E-state index is 0.00321. The van der Waals surface area contributed by atoms with E-state index in [9.17, 15) is 37.6 Å². The molecular weight excluding hydrogens is 571 g/mol. The highest BCUT2D eigenvalue weighted by molar-refractivity contribution is 7.89. The summed E-state index contributed by atoms with van der Waals surface area (Å²) in [4.78, 5) is 40.8. The number of aliphatic hydroxyl groups is 1. The Morgan fingerprint density at radius 2 is 1.90 bits per heavy atom. The van der Waals surface area contributed by atoms with E-state index in [0.717, 1.165) is 24.3 Å². The molecule has 2 aliphatic rings. The van der Waals surface area contributed by atoms with Gasteiger partial charge in [-0.3, -0.25) is 14.9 Å². The molecule has 0 aliphatic carbocycles. The number of benzene rings is 2. The molecule has 6 rings (SSSR count). The molecule has 0 amide bonds. The zero-order chi connectivity index (χ0) is 30.1. The maximum Gasteiger partial charge on any atom is 0.343 e. The van der Waals surface area contributed by atoms with Gasteiger partial charge in [-0.05, 0) is 48.7 Å². The Balaban J connectivity index is 1.50. The molecular formula is C28H23FN4O8S. The number of hydrogen-bond acceptors (Lipinski definition) is 9. The number of nitro benzene ring substituents is 1. The van der Waals surface area contributed by atoms with Gasteiger partial charge >= 0.3 is 5.97 Å². The molecule has 0 fully saturated rings. The second kappa shape index (κ2) is 9.51. The largest absolute Gasteiger partial charge is 0.458 e. The fraction of sp³-hybridized carbons (Fsp3) is 0.250. The van der Waals surface area contributed by atoms with Crippen molar-refractivity contribution < 1.29 is 32.4 Å². The summed E-state index contributed by atoms with van der Waals surface area (Å²) in [5.74, 6) is -1.40. The second-order valence-electron chi connectivity index (χ2n) is 10.2. The number of esters is 1. The fourth-order valence-electron chi connectivity index (χ4n) is 5.49. The molecule has 0 bridgehead atoms. The molecule has 12 nitrogen and oxygen atoms in total. The van der Waals surface area contributed by atoms with Gasteiger partial charge in [0, 0.05) is 41.3 Å². The summed E-state index contributed by atoms with van der Waals surface area (Å²) in [6.45, 7) is 2.56. The lowest BCUT2D eigenvalue weighted by atomic mass is 9.86. The SMILES string of the molecule is CCC1(O)C(=O)OCc2c1cc1n(c2=O)Cc2c-1nc1cc(F)c(C)cc1c2CNS(=O)(=O)c1ccc([N+](=O)[O-])cc1. The van der Waals surface area contributed by atoms with Gasteiger partial charge in [-0.2, -0.15) is 0 Å². The molecule has 14 heteroatoms. The molecule has 0 saturated carbocycles. The number of aromatic nitrogens is 2. The first kappa shape index (κ1) is 27.6. The maximum atomic E-state index is 14.7. The Kier molecular flexibility index (Phi) is 6.25. The summed E-state index contributed by atoms with van der Waals surface area (Å²) in [6.07, 6.45) is -0.0418. The number of aryl methyl sites for hydroxylation is 1. The number of hydrogen-bond donors (Lipinski definition) is 2. The van der Waals surface area contributed by atoms with Crippen molar-refractivity contribution in [2.75, 3.05) is 0 Å². The summed E-state index contributed by atoms with van der Waals surface area (Å²) >= 11 is 0. The molecule has 1 unspecified atom stereocenters. The molecule has 2 aromatic carbocycles. The number of fused-ring (bicyclic) bond motifs is 5. The zero-order valence-corrected chi connectivity index (χ0v) is 23.1. The van der Waals surface area contributed by atoms with Crippen LogP contribution >= 0.6 is 0 Å². The lowest BCUT2D eigenvalue weighted by Gasteiger charge is -2.31. The Hall–Kier alpha value is -4.53. The number of ether oxygens (including phenoxy) is 1. The van der Waals surface area contributed by atoms with Crippen molar-refractivity contribution in [3.8, 4) is 11.4 Å². The van der Waals surface area contributed by atoms with Gasteiger partial charge in [0.05, 0.1) is 38.8 Å². The highest BCUT2D eigenvalue weighted by atomic mass is 32.2. The first-order valence-electron chi connectivity index (χ1n) is 12.9. The van der Waals surface area contributed by atoms with Crippen molar-refractivity contribution in [2.24, 2.45) is 0 Å². The average Bonchev–Trinajstić information content (AvgIpc) is 3.33. The molecule has 0 radical (unpaired) electrons. The van der Waals surface area contributed by atoms with E-state index in [2.05, 4.69) is 9.71 Å². The third kappa shape index (κ3) is 4.09. The van der Waals surface area contributed by atoms with Crippen molar-refractivity contribution >= 4 is 32.6 Å². The van der Waals surface area contributed by atoms with Gasteiger partial charge in [0.15, 0.2) is 5.60 Å². The normalized spacial score (nSPS) is 17.5. The van der Waals surface area contributed by atoms with Crippen LogP contribution in [0.4, 0.5) is 10.1 Å². The quantitative estimate of drug-likeness (QED) is 0.170. The maximum absolute atomic E-state index is 14.7. The number of non-ortho nitro benzene ring substituents is 1. The topological polar surface area (TPSA) is 171 Å². The van der Waals surface area contributed by atoms with E-state index in [1.165, 1.54) is 16.7 Å². The van der Waals surface area contributed by atoms with Crippen LogP contribution in [-0.2, 0) is 44.9 Å². The Bertz CT molecular complexity index is 2030. The van der Waals surface area contributed by atoms with Gasteiger partial charge in [-0.1, -0.05) is 6.92 Å². The average molecular weight is 595 g/mol. The number of nitrogens with one attached hydrogen (secondary N) is 1. The first-order valence-corrected chi connectivity index (χ1v) is 14.4. The van der Waals surface area contributed by atoms with Crippen LogP contribution in [0.3, 0.4) is 0 Å². The number of cyclic esters (lactones) is 1. The van der Waals surface area contributed by atoms with Gasteiger partial charge in [0.2, 0.25) is 10.0 Å². The van der Waals surface area contributed by atoms with Crippen LogP contribution in [0.1, 0.15) is 41.2 Å². The van der Waals surface area contributed by atoms with Crippen LogP contribution in [0.5, 0.6) is 0 Å². The number of carbonyl (C=O) groups excluding carboxylic acids is 1. The standard InChI is InChI=1S/C28H23FN4O8S/c1-3-28(36)21-9-24-25-19(12-32(24)26(34)20(21)13-41-27(28)35)18(17-8-14(2)22(29)10-23(17)31-25)11-30-42(39,40)16-6-4-15(5-7-16)33(37)38/h4-10,30,36H,3,11-13H2,1-2H3. The van der Waals surface area contributed by atoms with Crippen molar-refractivity contribution in [2.45, 2.75) is 50.5 Å². The van der Waals surface area contributed by atoms with Gasteiger partial charge in [-0.25, -0.2) is 27.3 Å². The molecule has 4 heterocycles. The number of nitrogens with zero attached hydrogens (tertiary/aromatic N) is 3. The fourth-order valence-corrected chi connectivity index (χ4v) is 6.49. The summed E-state index contributed by atoms with van der Waals surface area (Å²) in [7, 11) is -4.14. The Morgan fingerprint density at radius 1 is 1.19 bits per heavy atom. The third-order valence-electron chi connectivity index (χ3n) is 7.88. The highest BCUT2D eigenvalue weighted by Crippen LogP contribution is 2.40. The van der Waals surface area contributed by atoms with Crippen LogP contribution in [0.15, 0.2) is 52.2 Å². The number of carbonyl (C=O) groups is 1. The van der Waals surface area contributed by atoms with Gasteiger partial charge in [0.25, 0.3) is 11.2 Å². The van der Waals surface area contributed by atoms with Crippen molar-refractivity contribution in [3.63, 3.8) is 0 Å². The molecule has 2 aromatic heterocycles. The van der Waals surface area contributed by atoms with Crippen LogP contribution in [0.25, 0.3) is 22.3 Å². The molecule has 0 saturated heterocycles. The van der Waals surface area contributed by atoms with Crippen LogP contribution in [-0.4, -0.2) is 34.0 Å². The predicted molar refractivity (Wildman–Crippen MR) is 146 cm³/mol. The summed E-state index contributed by atoms with van der Waals surface area (Å²) in [5.41, 5.74) is -0.513. The van der Waals surface area contributed by atoms with E-state index >= 15 is 0 Å². The lowest BCUT2D eigenvalue weighted by molar-refractivity contribution is -0.384. The smallest absolute Gasteiger partial charge is 0.343 e. The van der Waals surface area contributed by atoms with Gasteiger partial charge in [0.1, 0.15) is 12.4 Å². The number of rotatable bonds is 6. The summed E-state index contributed by atoms with van der Waals surface area (Å²) in [5, 5.41) is 22.6. The number of sulfonamides is 1. The molecule has 216 valence electrons. The molecule has 42 heavy (non-hydrogen) atoms. The number of pyridine rings is 2. The van der Waals surface area contributed by atoms with Gasteiger partial charge in [-0.15, -0.1) is 0 Å². The van der Waals surface area contributed by atoms with Crippen molar-refractivity contribution in [3.05, 3.63) is 96.6 Å². The van der Waals surface area contributed by atoms with E-state index in [0.29, 0.717) is 22.1 Å². The third-order valence-corrected chi connectivity index (χ3v) is 9.30. The monoisotopic (exact) mass is 594 g/mol. The molecule has 4 aromatic rings. The van der Waals surface area contributed by atoms with E-state index in [4.69, 9.17) is 4.74 Å². The minimum Gasteiger partial charge on any atom is -0.458 e. The van der Waals surface area contributed by atoms with Crippen molar-refractivity contribution in [1.29, 1.82) is 0 Å². The lowest BCUT2D eigenvalue weighted by Crippen LogP contribution is -2.44. The van der Waals surface area contributed by atoms with E-state index in [1.54, 1.807) is 19.9 Å². The van der Waals surface area contributed by atoms with E-state index in [1.807, 2.05) is 0 Å². The zero-order valence-electron chi connectivity index (χ0n) is 22.3. The van der Waals surface area contributed by atoms with Crippen molar-refractivity contribution in [1.82, 2.24) is 14.3 Å². The van der Waals surface area contributed by atoms with Crippen LogP contribution in [0, 0.1) is 22.9 Å². The molecule has 2 aliphatic heterocycles. The molecule has 2 N–H and O–H groups in total. The van der Waals surface area contributed by atoms with E-state index in [-0.39, 0.29) is 64.7 Å². The summed E-state index contributed by atoms with van der Waals surface area (Å²) < 4.78 is 50.0. The van der Waals surface area contributed by atoms with Crippen LogP contribution in [0.2, 0.25) is 0 Å². The number of nitro groups is 1. The Labute approximate surface area is 237 Å². The first-order chi connectivity index (χ1) is 19.9. The van der Waals surface area contributed by atoms with Gasteiger partial charge < -0.3 is 14.4 Å². The van der Waals surface area contributed by atoms with Crippen LogP contribution < -0.4 is 10.3 Å². The molecule has 1 atom stereocenters. The number of halogens is 1. The second-order valence-corrected chi connectivity index (χ2v) is 12.0. The minimum atomic E-state index is -4.14. The van der Waals surface area contributed by atoms with E-state index < -0.39 is 37.9 Å². The summed E-state index contributed by atoms with van der Waals surface area (Å²) in [6, 6.07) is 8.68. The Morgan fingerprint density at radius 3 is 2.57 bits per heavy atom. The molecule has 0 spiro atoms. The predicted octanol–water partition coefficient (Wildman–Crippen LogP) is 2.91.